The van der Waals surface area contributed by atoms with Gasteiger partial charge in [-0.3, -0.25) is 9.48 Å². The van der Waals surface area contributed by atoms with Crippen molar-refractivity contribution < 1.29 is 19.1 Å². The average Bonchev–Trinajstić information content (AvgIpc) is 3.36. The highest BCUT2D eigenvalue weighted by Crippen LogP contribution is 2.36. The van der Waals surface area contributed by atoms with Crippen molar-refractivity contribution in [3.63, 3.8) is 0 Å². The van der Waals surface area contributed by atoms with Crippen LogP contribution in [0.5, 0.6) is 11.5 Å². The fraction of sp³-hybridized carbons (Fsp3) is 0.500. The van der Waals surface area contributed by atoms with Crippen LogP contribution in [0.15, 0.2) is 29.7 Å². The highest BCUT2D eigenvalue weighted by molar-refractivity contribution is 6.32. The normalized spacial score (nSPS) is 21.3. The summed E-state index contributed by atoms with van der Waals surface area (Å²) in [7, 11) is 5.01. The van der Waals surface area contributed by atoms with Gasteiger partial charge in [0.25, 0.3) is 5.91 Å². The lowest BCUT2D eigenvalue weighted by atomic mass is 10.0. The number of carbonyl (C=O) groups excluding carboxylic acids is 1. The van der Waals surface area contributed by atoms with Crippen molar-refractivity contribution in [1.29, 1.82) is 0 Å². The van der Waals surface area contributed by atoms with Gasteiger partial charge >= 0.3 is 0 Å². The van der Waals surface area contributed by atoms with E-state index in [2.05, 4.69) is 10.3 Å². The summed E-state index contributed by atoms with van der Waals surface area (Å²) in [6.45, 7) is 0.700. The van der Waals surface area contributed by atoms with Crippen LogP contribution in [0.1, 0.15) is 49.3 Å². The van der Waals surface area contributed by atoms with Crippen molar-refractivity contribution in [1.82, 2.24) is 14.7 Å². The number of hydrogen-bond acceptors (Lipinski definition) is 6. The van der Waals surface area contributed by atoms with Crippen LogP contribution in [0.4, 0.5) is 0 Å². The molecule has 0 N–H and O–H groups in total. The zero-order valence-corrected chi connectivity index (χ0v) is 18.8. The van der Waals surface area contributed by atoms with Gasteiger partial charge in [0.1, 0.15) is 11.5 Å². The highest BCUT2D eigenvalue weighted by atomic mass is 35.5. The van der Waals surface area contributed by atoms with Crippen molar-refractivity contribution >= 4 is 23.2 Å². The molecule has 166 valence electrons. The lowest BCUT2D eigenvalue weighted by Crippen LogP contribution is -2.41. The Labute approximate surface area is 186 Å². The van der Waals surface area contributed by atoms with E-state index in [9.17, 15) is 4.79 Å². The van der Waals surface area contributed by atoms with Crippen molar-refractivity contribution in [2.24, 2.45) is 12.2 Å². The summed E-state index contributed by atoms with van der Waals surface area (Å²) in [5.41, 5.74) is 2.39. The molecule has 1 saturated heterocycles. The Morgan fingerprint density at radius 1 is 1.19 bits per heavy atom. The summed E-state index contributed by atoms with van der Waals surface area (Å²) in [6, 6.07) is 3.45. The van der Waals surface area contributed by atoms with E-state index >= 15 is 0 Å². The maximum atomic E-state index is 13.5. The SMILES string of the molecule is COc1cc(OC)c(C2=NO[C@@H](C(=O)N3CCCCC[C@@H]3c3cnn(C)c3)C2)cc1Cl. The number of benzene rings is 1. The number of carbonyl (C=O) groups is 1. The molecule has 2 aliphatic heterocycles. The summed E-state index contributed by atoms with van der Waals surface area (Å²) < 4.78 is 12.5. The predicted octanol–water partition coefficient (Wildman–Crippen LogP) is 3.73. The van der Waals surface area contributed by atoms with Gasteiger partial charge in [0.05, 0.1) is 37.2 Å². The van der Waals surface area contributed by atoms with Gasteiger partial charge in [-0.05, 0) is 18.9 Å². The molecule has 2 aromatic rings. The fourth-order valence-corrected chi connectivity index (χ4v) is 4.51. The van der Waals surface area contributed by atoms with E-state index in [-0.39, 0.29) is 11.9 Å². The lowest BCUT2D eigenvalue weighted by molar-refractivity contribution is -0.144. The average molecular weight is 447 g/mol. The number of nitrogens with zero attached hydrogens (tertiary/aromatic N) is 4. The number of aryl methyl sites for hydroxylation is 1. The zero-order valence-electron chi connectivity index (χ0n) is 18.0. The Hall–Kier alpha value is -2.74. The van der Waals surface area contributed by atoms with E-state index in [1.54, 1.807) is 31.0 Å². The second-order valence-electron chi connectivity index (χ2n) is 7.87. The number of hydrogen-bond donors (Lipinski definition) is 0. The zero-order chi connectivity index (χ0) is 22.0. The van der Waals surface area contributed by atoms with Crippen LogP contribution in [0.3, 0.4) is 0 Å². The largest absolute Gasteiger partial charge is 0.496 e. The van der Waals surface area contributed by atoms with E-state index in [0.717, 1.165) is 31.2 Å². The van der Waals surface area contributed by atoms with Crippen LogP contribution >= 0.6 is 11.6 Å². The Bertz CT molecular complexity index is 990. The minimum Gasteiger partial charge on any atom is -0.496 e. The Kier molecular flexibility index (Phi) is 6.36. The van der Waals surface area contributed by atoms with E-state index < -0.39 is 6.10 Å². The minimum atomic E-state index is -0.669. The molecular weight excluding hydrogens is 420 g/mol. The maximum Gasteiger partial charge on any atom is 0.267 e. The number of oxime groups is 1. The number of ether oxygens (including phenoxy) is 2. The van der Waals surface area contributed by atoms with Crippen LogP contribution < -0.4 is 9.47 Å². The molecule has 0 radical (unpaired) electrons. The first-order chi connectivity index (χ1) is 15.0. The molecule has 0 unspecified atom stereocenters. The molecule has 9 heteroatoms. The summed E-state index contributed by atoms with van der Waals surface area (Å²) in [6.07, 6.45) is 7.60. The van der Waals surface area contributed by atoms with Crippen LogP contribution in [0.25, 0.3) is 0 Å². The smallest absolute Gasteiger partial charge is 0.267 e. The number of aromatic nitrogens is 2. The molecule has 4 rings (SSSR count). The summed E-state index contributed by atoms with van der Waals surface area (Å²) in [5.74, 6) is 1.03. The van der Waals surface area contributed by atoms with Crippen molar-refractivity contribution in [2.45, 2.75) is 44.2 Å². The van der Waals surface area contributed by atoms with Crippen LogP contribution in [0, 0.1) is 0 Å². The third-order valence-electron chi connectivity index (χ3n) is 5.87. The van der Waals surface area contributed by atoms with E-state index in [1.165, 1.54) is 0 Å². The van der Waals surface area contributed by atoms with E-state index in [4.69, 9.17) is 25.9 Å². The summed E-state index contributed by atoms with van der Waals surface area (Å²) in [5, 5.41) is 8.95. The van der Waals surface area contributed by atoms with Crippen molar-refractivity contribution in [2.75, 3.05) is 20.8 Å². The molecule has 0 spiro atoms. The second-order valence-corrected chi connectivity index (χ2v) is 8.27. The third-order valence-corrected chi connectivity index (χ3v) is 6.17. The molecule has 1 fully saturated rings. The highest BCUT2D eigenvalue weighted by Gasteiger charge is 2.37. The van der Waals surface area contributed by atoms with Gasteiger partial charge < -0.3 is 19.2 Å². The quantitative estimate of drug-likeness (QED) is 0.699. The topological polar surface area (TPSA) is 78.2 Å². The summed E-state index contributed by atoms with van der Waals surface area (Å²) >= 11 is 6.31. The number of halogens is 1. The van der Waals surface area contributed by atoms with Gasteiger partial charge in [-0.2, -0.15) is 5.10 Å². The van der Waals surface area contributed by atoms with Crippen molar-refractivity contribution in [3.8, 4) is 11.5 Å². The first-order valence-corrected chi connectivity index (χ1v) is 10.8. The molecule has 0 bridgehead atoms. The first kappa shape index (κ1) is 21.5. The number of rotatable bonds is 5. The van der Waals surface area contributed by atoms with Gasteiger partial charge in [0.15, 0.2) is 0 Å². The van der Waals surface area contributed by atoms with Gasteiger partial charge in [-0.1, -0.05) is 29.6 Å². The van der Waals surface area contributed by atoms with Crippen LogP contribution in [0.2, 0.25) is 5.02 Å². The Morgan fingerprint density at radius 3 is 2.71 bits per heavy atom. The molecule has 1 aromatic heterocycles. The van der Waals surface area contributed by atoms with Gasteiger partial charge in [-0.15, -0.1) is 0 Å². The summed E-state index contributed by atoms with van der Waals surface area (Å²) in [4.78, 5) is 21.0. The maximum absolute atomic E-state index is 13.5. The minimum absolute atomic E-state index is 0.00122. The van der Waals surface area contributed by atoms with Gasteiger partial charge in [-0.25, -0.2) is 0 Å². The Morgan fingerprint density at radius 2 is 2.00 bits per heavy atom. The van der Waals surface area contributed by atoms with Gasteiger partial charge in [0, 0.05) is 43.4 Å². The third kappa shape index (κ3) is 4.35. The van der Waals surface area contributed by atoms with Gasteiger partial charge in [0.2, 0.25) is 6.10 Å². The van der Waals surface area contributed by atoms with Crippen LogP contribution in [-0.2, 0) is 16.7 Å². The molecule has 0 saturated carbocycles. The van der Waals surface area contributed by atoms with E-state index in [0.29, 0.717) is 40.8 Å². The van der Waals surface area contributed by atoms with Crippen LogP contribution in [-0.4, -0.2) is 53.2 Å². The molecule has 0 aliphatic carbocycles. The molecule has 2 aliphatic rings. The molecule has 8 nitrogen and oxygen atoms in total. The predicted molar refractivity (Wildman–Crippen MR) is 117 cm³/mol. The molecule has 3 heterocycles. The lowest BCUT2D eigenvalue weighted by Gasteiger charge is -2.30. The number of amides is 1. The molecule has 1 aromatic carbocycles. The second kappa shape index (κ2) is 9.18. The molecule has 31 heavy (non-hydrogen) atoms. The van der Waals surface area contributed by atoms with Crippen molar-refractivity contribution in [3.05, 3.63) is 40.7 Å². The fourth-order valence-electron chi connectivity index (χ4n) is 4.27. The molecule has 2 atom stereocenters. The van der Waals surface area contributed by atoms with E-state index in [1.807, 2.05) is 24.3 Å². The monoisotopic (exact) mass is 446 g/mol. The first-order valence-electron chi connectivity index (χ1n) is 10.5. The standard InChI is InChI=1S/C22H27ClN4O4/c1-26-13-14(12-24-26)18-7-5-4-6-8-27(18)22(28)21-10-17(25-31-21)15-9-16(23)20(30-3)11-19(15)29-2/h9,11-13,18,21H,4-8,10H2,1-3H3/t18-,21-/m1/s1. The molecule has 1 amide bonds. The molecular formula is C22H27ClN4O4. The number of methoxy groups -OCH3 is 2. The Balaban J connectivity index is 1.54. The number of likely N-dealkylation sites (tertiary alicyclic amines) is 1.